The molecule has 2 aromatic heterocycles. The molecule has 1 amide bonds. The molecule has 3 rings (SSSR count). The van der Waals surface area contributed by atoms with Crippen LogP contribution in [-0.2, 0) is 4.74 Å². The van der Waals surface area contributed by atoms with Crippen molar-refractivity contribution in [2.45, 2.75) is 0 Å². The number of imidazole rings is 1. The highest BCUT2D eigenvalue weighted by atomic mass is 16.5. The van der Waals surface area contributed by atoms with Crippen LogP contribution in [0.25, 0.3) is 21.8 Å². The Balaban J connectivity index is 2.16. The molecule has 1 aromatic carbocycles. The first kappa shape index (κ1) is 10.5. The number of hydrogen-bond acceptors (Lipinski definition) is 4. The molecule has 0 unspecified atom stereocenters. The minimum absolute atomic E-state index is 0.362. The number of aromatic nitrogens is 3. The number of ether oxygens (including phenoxy) is 1. The second-order valence-electron chi connectivity index (χ2n) is 3.76. The first-order valence-electron chi connectivity index (χ1n) is 5.35. The number of anilines is 1. The first-order chi connectivity index (χ1) is 8.78. The zero-order valence-corrected chi connectivity index (χ0v) is 9.60. The van der Waals surface area contributed by atoms with E-state index in [2.05, 4.69) is 25.0 Å². The van der Waals surface area contributed by atoms with Crippen molar-refractivity contribution in [2.75, 3.05) is 12.4 Å². The Labute approximate surface area is 102 Å². The van der Waals surface area contributed by atoms with Crippen LogP contribution in [0.5, 0.6) is 0 Å². The first-order valence-corrected chi connectivity index (χ1v) is 5.35. The standard InChI is InChI=1S/C12H10N4O2/c1-18-12(17)16-11-14-9-3-2-7-6-13-5-4-8(7)10(9)15-11/h2-6H,1H3,(H2,14,15,16,17). The fourth-order valence-electron chi connectivity index (χ4n) is 1.85. The molecule has 3 aromatic rings. The summed E-state index contributed by atoms with van der Waals surface area (Å²) in [6, 6.07) is 5.74. The number of benzene rings is 1. The lowest BCUT2D eigenvalue weighted by Crippen LogP contribution is -2.11. The third-order valence-electron chi connectivity index (χ3n) is 2.67. The molecule has 0 radical (unpaired) electrons. The summed E-state index contributed by atoms with van der Waals surface area (Å²) >= 11 is 0. The predicted octanol–water partition coefficient (Wildman–Crippen LogP) is 2.29. The van der Waals surface area contributed by atoms with Crippen molar-refractivity contribution in [2.24, 2.45) is 0 Å². The highest BCUT2D eigenvalue weighted by Crippen LogP contribution is 2.23. The van der Waals surface area contributed by atoms with Crippen molar-refractivity contribution in [3.63, 3.8) is 0 Å². The molecule has 6 nitrogen and oxygen atoms in total. The maximum absolute atomic E-state index is 11.1. The van der Waals surface area contributed by atoms with Crippen molar-refractivity contribution in [3.05, 3.63) is 30.6 Å². The predicted molar refractivity (Wildman–Crippen MR) is 67.4 cm³/mol. The summed E-state index contributed by atoms with van der Waals surface area (Å²) in [6.07, 6.45) is 2.93. The van der Waals surface area contributed by atoms with Crippen LogP contribution in [-0.4, -0.2) is 28.2 Å². The molecule has 0 spiro atoms. The third kappa shape index (κ3) is 1.64. The summed E-state index contributed by atoms with van der Waals surface area (Å²) in [4.78, 5) is 22.5. The number of nitrogens with one attached hydrogen (secondary N) is 2. The highest BCUT2D eigenvalue weighted by Gasteiger charge is 2.08. The Morgan fingerprint density at radius 3 is 3.11 bits per heavy atom. The Bertz CT molecular complexity index is 735. The van der Waals surface area contributed by atoms with Crippen molar-refractivity contribution in [1.29, 1.82) is 0 Å². The second kappa shape index (κ2) is 3.99. The number of nitrogens with zero attached hydrogens (tertiary/aromatic N) is 2. The number of amides is 1. The van der Waals surface area contributed by atoms with E-state index in [0.29, 0.717) is 5.95 Å². The van der Waals surface area contributed by atoms with E-state index in [1.165, 1.54) is 7.11 Å². The molecule has 0 aliphatic heterocycles. The van der Waals surface area contributed by atoms with E-state index in [0.717, 1.165) is 21.8 Å². The number of H-pyrrole nitrogens is 1. The van der Waals surface area contributed by atoms with Crippen LogP contribution in [0, 0.1) is 0 Å². The monoisotopic (exact) mass is 242 g/mol. The smallest absolute Gasteiger partial charge is 0.413 e. The molecule has 90 valence electrons. The summed E-state index contributed by atoms with van der Waals surface area (Å²) in [6.45, 7) is 0. The Kier molecular flexibility index (Phi) is 2.33. The largest absolute Gasteiger partial charge is 0.453 e. The van der Waals surface area contributed by atoms with Crippen LogP contribution in [0.1, 0.15) is 0 Å². The van der Waals surface area contributed by atoms with Gasteiger partial charge >= 0.3 is 6.09 Å². The summed E-state index contributed by atoms with van der Waals surface area (Å²) in [5.74, 6) is 0.362. The maximum atomic E-state index is 11.1. The Hall–Kier alpha value is -2.63. The number of carbonyl (C=O) groups is 1. The zero-order valence-electron chi connectivity index (χ0n) is 9.60. The van der Waals surface area contributed by atoms with Gasteiger partial charge in [0.1, 0.15) is 0 Å². The number of hydrogen-bond donors (Lipinski definition) is 2. The molecule has 0 fully saturated rings. The summed E-state index contributed by atoms with van der Waals surface area (Å²) in [5.41, 5.74) is 1.64. The average molecular weight is 242 g/mol. The van der Waals surface area contributed by atoms with E-state index in [-0.39, 0.29) is 0 Å². The lowest BCUT2D eigenvalue weighted by atomic mass is 10.1. The van der Waals surface area contributed by atoms with Gasteiger partial charge in [-0.05, 0) is 12.1 Å². The van der Waals surface area contributed by atoms with Gasteiger partial charge in [0.15, 0.2) is 0 Å². The Morgan fingerprint density at radius 2 is 2.28 bits per heavy atom. The van der Waals surface area contributed by atoms with Crippen molar-refractivity contribution >= 4 is 33.8 Å². The molecule has 0 atom stereocenters. The summed E-state index contributed by atoms with van der Waals surface area (Å²) in [5, 5.41) is 4.49. The van der Waals surface area contributed by atoms with Crippen LogP contribution in [0.3, 0.4) is 0 Å². The van der Waals surface area contributed by atoms with Crippen LogP contribution >= 0.6 is 0 Å². The molecule has 0 aliphatic carbocycles. The molecule has 0 aliphatic rings. The van der Waals surface area contributed by atoms with Crippen LogP contribution in [0.2, 0.25) is 0 Å². The third-order valence-corrected chi connectivity index (χ3v) is 2.67. The molecule has 6 heteroatoms. The van der Waals surface area contributed by atoms with Gasteiger partial charge in [-0.25, -0.2) is 9.78 Å². The van der Waals surface area contributed by atoms with Gasteiger partial charge < -0.3 is 9.72 Å². The van der Waals surface area contributed by atoms with E-state index in [4.69, 9.17) is 0 Å². The highest BCUT2D eigenvalue weighted by molar-refractivity contribution is 6.04. The quantitative estimate of drug-likeness (QED) is 0.686. The minimum atomic E-state index is -0.556. The fourth-order valence-corrected chi connectivity index (χ4v) is 1.85. The minimum Gasteiger partial charge on any atom is -0.453 e. The lowest BCUT2D eigenvalue weighted by Gasteiger charge is -1.97. The van der Waals surface area contributed by atoms with Gasteiger partial charge in [-0.1, -0.05) is 6.07 Å². The van der Waals surface area contributed by atoms with Gasteiger partial charge in [-0.3, -0.25) is 10.3 Å². The van der Waals surface area contributed by atoms with Gasteiger partial charge in [-0.2, -0.15) is 0 Å². The summed E-state index contributed by atoms with van der Waals surface area (Å²) in [7, 11) is 1.30. The maximum Gasteiger partial charge on any atom is 0.413 e. The number of rotatable bonds is 1. The van der Waals surface area contributed by atoms with Gasteiger partial charge in [0, 0.05) is 23.2 Å². The molecule has 2 N–H and O–H groups in total. The van der Waals surface area contributed by atoms with E-state index in [1.807, 2.05) is 18.2 Å². The number of aromatic amines is 1. The van der Waals surface area contributed by atoms with Crippen molar-refractivity contribution in [1.82, 2.24) is 15.0 Å². The normalized spacial score (nSPS) is 10.7. The number of fused-ring (bicyclic) bond motifs is 3. The van der Waals surface area contributed by atoms with Gasteiger partial charge in [0.25, 0.3) is 0 Å². The van der Waals surface area contributed by atoms with E-state index < -0.39 is 6.09 Å². The average Bonchev–Trinajstić information content (AvgIpc) is 2.81. The topological polar surface area (TPSA) is 79.9 Å². The van der Waals surface area contributed by atoms with Gasteiger partial charge in [0.05, 0.1) is 18.1 Å². The van der Waals surface area contributed by atoms with Gasteiger partial charge in [0.2, 0.25) is 5.95 Å². The Morgan fingerprint density at radius 1 is 1.39 bits per heavy atom. The molecule has 2 heterocycles. The van der Waals surface area contributed by atoms with Crippen LogP contribution in [0.15, 0.2) is 30.6 Å². The molecule has 0 bridgehead atoms. The zero-order chi connectivity index (χ0) is 12.5. The van der Waals surface area contributed by atoms with Crippen molar-refractivity contribution in [3.8, 4) is 0 Å². The number of methoxy groups -OCH3 is 1. The van der Waals surface area contributed by atoms with Gasteiger partial charge in [-0.15, -0.1) is 0 Å². The number of pyridine rings is 1. The molecular formula is C12H10N4O2. The van der Waals surface area contributed by atoms with Crippen molar-refractivity contribution < 1.29 is 9.53 Å². The molecular weight excluding hydrogens is 232 g/mol. The molecule has 0 saturated carbocycles. The SMILES string of the molecule is COC(=O)Nc1nc2c(ccc3cnccc32)[nH]1. The summed E-state index contributed by atoms with van der Waals surface area (Å²) < 4.78 is 4.52. The van der Waals surface area contributed by atoms with E-state index in [1.54, 1.807) is 12.4 Å². The number of carbonyl (C=O) groups excluding carboxylic acids is 1. The fraction of sp³-hybridized carbons (Fsp3) is 0.0833. The molecule has 18 heavy (non-hydrogen) atoms. The second-order valence-corrected chi connectivity index (χ2v) is 3.76. The molecule has 0 saturated heterocycles. The van der Waals surface area contributed by atoms with Crippen LogP contribution < -0.4 is 5.32 Å². The lowest BCUT2D eigenvalue weighted by molar-refractivity contribution is 0.186. The van der Waals surface area contributed by atoms with E-state index >= 15 is 0 Å². The van der Waals surface area contributed by atoms with Crippen LogP contribution in [0.4, 0.5) is 10.7 Å². The van der Waals surface area contributed by atoms with E-state index in [9.17, 15) is 4.79 Å².